The number of hydrogen-bond donors (Lipinski definition) is 3. The molecule has 0 unspecified atom stereocenters. The summed E-state index contributed by atoms with van der Waals surface area (Å²) in [6, 6.07) is 13.0. The van der Waals surface area contributed by atoms with Crippen LogP contribution >= 0.6 is 0 Å². The third-order valence-corrected chi connectivity index (χ3v) is 5.03. The summed E-state index contributed by atoms with van der Waals surface area (Å²) in [5.74, 6) is -2.73. The number of benzene rings is 2. The molecule has 2 aromatic carbocycles. The van der Waals surface area contributed by atoms with E-state index in [1.54, 1.807) is 13.8 Å². The number of carbonyl (C=O) groups is 4. The van der Waals surface area contributed by atoms with E-state index in [4.69, 9.17) is 5.11 Å². The maximum Gasteiger partial charge on any atom is 0.305 e. The molecule has 0 spiro atoms. The van der Waals surface area contributed by atoms with Gasteiger partial charge in [0.1, 0.15) is 6.29 Å². The first kappa shape index (κ1) is 23.1. The monoisotopic (exact) mass is 412 g/mol. The first-order valence-corrected chi connectivity index (χ1v) is 10.0. The number of nitrogens with one attached hydrogen (secondary N) is 2. The Kier molecular flexibility index (Phi) is 8.53. The van der Waals surface area contributed by atoms with Gasteiger partial charge in [-0.25, -0.2) is 0 Å². The van der Waals surface area contributed by atoms with Gasteiger partial charge in [0.2, 0.25) is 11.8 Å². The lowest BCUT2D eigenvalue weighted by molar-refractivity contribution is -0.139. The van der Waals surface area contributed by atoms with Gasteiger partial charge in [-0.2, -0.15) is 0 Å². The first-order chi connectivity index (χ1) is 14.3. The smallest absolute Gasteiger partial charge is 0.305 e. The molecule has 0 saturated carbocycles. The lowest BCUT2D eigenvalue weighted by Gasteiger charge is -2.21. The molecule has 0 aliphatic rings. The number of rotatable bonds is 11. The van der Waals surface area contributed by atoms with E-state index < -0.39 is 30.3 Å². The summed E-state index contributed by atoms with van der Waals surface area (Å²) >= 11 is 0. The van der Waals surface area contributed by atoms with E-state index in [2.05, 4.69) is 10.6 Å². The Labute approximate surface area is 175 Å². The Morgan fingerprint density at radius 1 is 1.03 bits per heavy atom. The molecule has 30 heavy (non-hydrogen) atoms. The molecule has 2 atom stereocenters. The Balaban J connectivity index is 1.91. The van der Waals surface area contributed by atoms with Crippen LogP contribution in [-0.2, 0) is 25.6 Å². The number of fused-ring (bicyclic) bond motifs is 1. The number of hydrogen-bond acceptors (Lipinski definition) is 4. The molecule has 2 amide bonds. The number of carbonyl (C=O) groups excluding carboxylic acids is 3. The highest BCUT2D eigenvalue weighted by atomic mass is 16.4. The van der Waals surface area contributed by atoms with Gasteiger partial charge in [0.25, 0.3) is 0 Å². The van der Waals surface area contributed by atoms with E-state index in [1.165, 1.54) is 0 Å². The zero-order valence-corrected chi connectivity index (χ0v) is 17.3. The summed E-state index contributed by atoms with van der Waals surface area (Å²) in [4.78, 5) is 46.6. The standard InChI is InChI=1S/C23H28N2O5/c1-15(2)20(23(30)25-18(14-26)12-22(28)29)13-21(27)24-11-10-17-8-5-7-16-6-3-4-9-19(16)17/h3-9,14-15,18,20H,10-13H2,1-2H3,(H,24,27)(H,25,30)(H,28,29)/t18-,20-/m0/s1. The second kappa shape index (κ2) is 11.1. The normalized spacial score (nSPS) is 12.9. The fourth-order valence-corrected chi connectivity index (χ4v) is 3.36. The van der Waals surface area contributed by atoms with Crippen molar-refractivity contribution < 1.29 is 24.3 Å². The average molecular weight is 412 g/mol. The van der Waals surface area contributed by atoms with Crippen LogP contribution in [0.5, 0.6) is 0 Å². The van der Waals surface area contributed by atoms with Crippen molar-refractivity contribution in [3.05, 3.63) is 48.0 Å². The molecule has 3 N–H and O–H groups in total. The molecule has 2 aromatic rings. The van der Waals surface area contributed by atoms with Crippen molar-refractivity contribution in [2.45, 2.75) is 39.2 Å². The van der Waals surface area contributed by atoms with Crippen LogP contribution in [-0.4, -0.2) is 41.8 Å². The predicted molar refractivity (Wildman–Crippen MR) is 114 cm³/mol. The van der Waals surface area contributed by atoms with E-state index >= 15 is 0 Å². The fourth-order valence-electron chi connectivity index (χ4n) is 3.36. The molecule has 160 valence electrons. The number of aldehydes is 1. The van der Waals surface area contributed by atoms with Crippen LogP contribution in [0, 0.1) is 11.8 Å². The van der Waals surface area contributed by atoms with Crippen molar-refractivity contribution in [1.29, 1.82) is 0 Å². The molecule has 0 heterocycles. The van der Waals surface area contributed by atoms with Crippen LogP contribution in [0.4, 0.5) is 0 Å². The highest BCUT2D eigenvalue weighted by Gasteiger charge is 2.27. The third kappa shape index (κ3) is 6.69. The lowest BCUT2D eigenvalue weighted by atomic mass is 9.91. The topological polar surface area (TPSA) is 113 Å². The van der Waals surface area contributed by atoms with Crippen LogP contribution in [0.15, 0.2) is 42.5 Å². The Morgan fingerprint density at radius 3 is 2.40 bits per heavy atom. The maximum atomic E-state index is 12.5. The molecule has 0 radical (unpaired) electrons. The summed E-state index contributed by atoms with van der Waals surface area (Å²) in [6.07, 6.45) is 0.542. The van der Waals surface area contributed by atoms with Crippen LogP contribution in [0.25, 0.3) is 10.8 Å². The summed E-state index contributed by atoms with van der Waals surface area (Å²) in [6.45, 7) is 4.05. The molecule has 0 aliphatic carbocycles. The van der Waals surface area contributed by atoms with Crippen molar-refractivity contribution in [3.8, 4) is 0 Å². The highest BCUT2D eigenvalue weighted by molar-refractivity contribution is 5.88. The van der Waals surface area contributed by atoms with Gasteiger partial charge in [-0.15, -0.1) is 0 Å². The molecule has 2 rings (SSSR count). The molecule has 0 bridgehead atoms. The van der Waals surface area contributed by atoms with Crippen LogP contribution in [0.2, 0.25) is 0 Å². The summed E-state index contributed by atoms with van der Waals surface area (Å²) < 4.78 is 0. The molecule has 0 saturated heterocycles. The lowest BCUT2D eigenvalue weighted by Crippen LogP contribution is -2.44. The molecule has 7 heteroatoms. The summed E-state index contributed by atoms with van der Waals surface area (Å²) in [5, 5.41) is 16.4. The van der Waals surface area contributed by atoms with E-state index in [0.29, 0.717) is 19.3 Å². The number of carboxylic acid groups (broad SMARTS) is 1. The fraction of sp³-hybridized carbons (Fsp3) is 0.391. The molecule has 0 aromatic heterocycles. The van der Waals surface area contributed by atoms with Crippen molar-refractivity contribution in [2.75, 3.05) is 6.54 Å². The Bertz CT molecular complexity index is 904. The largest absolute Gasteiger partial charge is 0.481 e. The SMILES string of the molecule is CC(C)[C@H](CC(=O)NCCc1cccc2ccccc12)C(=O)N[C@H](C=O)CC(=O)O. The van der Waals surface area contributed by atoms with E-state index in [1.807, 2.05) is 42.5 Å². The van der Waals surface area contributed by atoms with Crippen molar-refractivity contribution in [1.82, 2.24) is 10.6 Å². The van der Waals surface area contributed by atoms with Gasteiger partial charge >= 0.3 is 5.97 Å². The summed E-state index contributed by atoms with van der Waals surface area (Å²) in [5.41, 5.74) is 1.13. The van der Waals surface area contributed by atoms with E-state index in [-0.39, 0.29) is 18.2 Å². The van der Waals surface area contributed by atoms with Gasteiger partial charge < -0.3 is 20.5 Å². The molecular weight excluding hydrogens is 384 g/mol. The van der Waals surface area contributed by atoms with Crippen LogP contribution in [0.3, 0.4) is 0 Å². The average Bonchev–Trinajstić information content (AvgIpc) is 2.71. The number of aliphatic carboxylic acids is 1. The van der Waals surface area contributed by atoms with Gasteiger partial charge in [-0.3, -0.25) is 14.4 Å². The minimum absolute atomic E-state index is 0.0301. The first-order valence-electron chi connectivity index (χ1n) is 10.0. The zero-order chi connectivity index (χ0) is 22.1. The maximum absolute atomic E-state index is 12.5. The van der Waals surface area contributed by atoms with E-state index in [9.17, 15) is 19.2 Å². The summed E-state index contributed by atoms with van der Waals surface area (Å²) in [7, 11) is 0. The van der Waals surface area contributed by atoms with Crippen molar-refractivity contribution in [3.63, 3.8) is 0 Å². The second-order valence-corrected chi connectivity index (χ2v) is 7.64. The van der Waals surface area contributed by atoms with Gasteiger partial charge in [-0.1, -0.05) is 56.3 Å². The molecule has 0 fully saturated rings. The minimum atomic E-state index is -1.18. The van der Waals surface area contributed by atoms with E-state index in [0.717, 1.165) is 16.3 Å². The minimum Gasteiger partial charge on any atom is -0.481 e. The zero-order valence-electron chi connectivity index (χ0n) is 17.3. The van der Waals surface area contributed by atoms with Gasteiger partial charge in [0.05, 0.1) is 12.5 Å². The number of carboxylic acids is 1. The Morgan fingerprint density at radius 2 is 1.73 bits per heavy atom. The van der Waals surface area contributed by atoms with Crippen LogP contribution < -0.4 is 10.6 Å². The third-order valence-electron chi connectivity index (χ3n) is 5.03. The van der Waals surface area contributed by atoms with Crippen molar-refractivity contribution >= 4 is 34.8 Å². The molecular formula is C23H28N2O5. The van der Waals surface area contributed by atoms with Gasteiger partial charge in [0.15, 0.2) is 0 Å². The quantitative estimate of drug-likeness (QED) is 0.490. The highest BCUT2D eigenvalue weighted by Crippen LogP contribution is 2.19. The molecule has 7 nitrogen and oxygen atoms in total. The number of amides is 2. The Hall–Kier alpha value is -3.22. The molecule has 0 aliphatic heterocycles. The van der Waals surface area contributed by atoms with Gasteiger partial charge in [0, 0.05) is 18.9 Å². The van der Waals surface area contributed by atoms with Gasteiger partial charge in [-0.05, 0) is 28.7 Å². The van der Waals surface area contributed by atoms with Crippen molar-refractivity contribution in [2.24, 2.45) is 11.8 Å². The predicted octanol–water partition coefficient (Wildman–Crippen LogP) is 2.32. The second-order valence-electron chi connectivity index (χ2n) is 7.64. The van der Waals surface area contributed by atoms with Crippen LogP contribution in [0.1, 0.15) is 32.3 Å².